The zero-order valence-corrected chi connectivity index (χ0v) is 10.7. The smallest absolute Gasteiger partial charge is 0.252 e. The molecule has 2 aromatic rings. The Morgan fingerprint density at radius 3 is 2.25 bits per heavy atom. The molecule has 1 heterocycles. The van der Waals surface area contributed by atoms with Crippen LogP contribution >= 0.6 is 0 Å². The van der Waals surface area contributed by atoms with Crippen molar-refractivity contribution in [3.8, 4) is 0 Å². The van der Waals surface area contributed by atoms with Gasteiger partial charge in [-0.15, -0.1) is 0 Å². The SMILES string of the molecule is O=C(NC(CO)(CO)CO)c1ccc2nccnc2c1. The van der Waals surface area contributed by atoms with Crippen LogP contribution in [0.3, 0.4) is 0 Å². The van der Waals surface area contributed by atoms with Crippen LogP contribution in [0, 0.1) is 0 Å². The third kappa shape index (κ3) is 2.74. The van der Waals surface area contributed by atoms with Crippen molar-refractivity contribution in [3.05, 3.63) is 36.2 Å². The normalized spacial score (nSPS) is 11.6. The van der Waals surface area contributed by atoms with Gasteiger partial charge in [0, 0.05) is 18.0 Å². The number of hydrogen-bond donors (Lipinski definition) is 4. The van der Waals surface area contributed by atoms with Crippen molar-refractivity contribution in [2.45, 2.75) is 5.54 Å². The molecule has 1 aromatic carbocycles. The lowest BCUT2D eigenvalue weighted by atomic mass is 10.0. The minimum absolute atomic E-state index is 0.303. The number of benzene rings is 1. The number of hydrogen-bond acceptors (Lipinski definition) is 6. The van der Waals surface area contributed by atoms with Crippen LogP contribution in [0.1, 0.15) is 10.4 Å². The Bertz CT molecular complexity index is 605. The molecule has 0 fully saturated rings. The summed E-state index contributed by atoms with van der Waals surface area (Å²) in [7, 11) is 0. The molecule has 7 nitrogen and oxygen atoms in total. The molecule has 0 bridgehead atoms. The predicted molar refractivity (Wildman–Crippen MR) is 71.0 cm³/mol. The molecule has 106 valence electrons. The highest BCUT2D eigenvalue weighted by atomic mass is 16.3. The maximum absolute atomic E-state index is 12.1. The molecule has 0 unspecified atom stereocenters. The topological polar surface area (TPSA) is 116 Å². The Morgan fingerprint density at radius 2 is 1.65 bits per heavy atom. The summed E-state index contributed by atoms with van der Waals surface area (Å²) in [5.74, 6) is -0.519. The number of fused-ring (bicyclic) bond motifs is 1. The second-order valence-corrected chi connectivity index (χ2v) is 4.47. The fraction of sp³-hybridized carbons (Fsp3) is 0.308. The van der Waals surface area contributed by atoms with Crippen molar-refractivity contribution in [1.82, 2.24) is 15.3 Å². The molecule has 1 amide bonds. The summed E-state index contributed by atoms with van der Waals surface area (Å²) < 4.78 is 0. The first-order valence-electron chi connectivity index (χ1n) is 6.00. The highest BCUT2D eigenvalue weighted by Gasteiger charge is 2.30. The first-order valence-corrected chi connectivity index (χ1v) is 6.00. The molecule has 0 spiro atoms. The first-order chi connectivity index (χ1) is 9.64. The molecule has 4 N–H and O–H groups in total. The van der Waals surface area contributed by atoms with Crippen LogP contribution in [0.2, 0.25) is 0 Å². The minimum Gasteiger partial charge on any atom is -0.394 e. The number of carbonyl (C=O) groups excluding carboxylic acids is 1. The number of aliphatic hydroxyl groups excluding tert-OH is 3. The van der Waals surface area contributed by atoms with Crippen molar-refractivity contribution in [2.24, 2.45) is 0 Å². The highest BCUT2D eigenvalue weighted by Crippen LogP contribution is 2.12. The maximum atomic E-state index is 12.1. The number of nitrogens with one attached hydrogen (secondary N) is 1. The number of carbonyl (C=O) groups is 1. The minimum atomic E-state index is -1.45. The van der Waals surface area contributed by atoms with Crippen LogP contribution in [0.15, 0.2) is 30.6 Å². The van der Waals surface area contributed by atoms with Crippen molar-refractivity contribution in [3.63, 3.8) is 0 Å². The lowest BCUT2D eigenvalue weighted by Gasteiger charge is -2.28. The van der Waals surface area contributed by atoms with Crippen LogP contribution in [0.4, 0.5) is 0 Å². The molecule has 7 heteroatoms. The summed E-state index contributed by atoms with van der Waals surface area (Å²) >= 11 is 0. The molecular formula is C13H15N3O4. The average molecular weight is 277 g/mol. The zero-order valence-electron chi connectivity index (χ0n) is 10.7. The van der Waals surface area contributed by atoms with Gasteiger partial charge in [-0.25, -0.2) is 0 Å². The summed E-state index contributed by atoms with van der Waals surface area (Å²) in [5.41, 5.74) is 0.0660. The summed E-state index contributed by atoms with van der Waals surface area (Å²) in [5, 5.41) is 30.0. The van der Waals surface area contributed by atoms with Gasteiger partial charge in [-0.2, -0.15) is 0 Å². The molecule has 2 rings (SSSR count). The fourth-order valence-electron chi connectivity index (χ4n) is 1.69. The largest absolute Gasteiger partial charge is 0.394 e. The van der Waals surface area contributed by atoms with Gasteiger partial charge in [0.05, 0.1) is 30.9 Å². The Kier molecular flexibility index (Phi) is 4.23. The van der Waals surface area contributed by atoms with E-state index in [9.17, 15) is 20.1 Å². The zero-order chi connectivity index (χ0) is 14.6. The second-order valence-electron chi connectivity index (χ2n) is 4.47. The molecular weight excluding hydrogens is 262 g/mol. The number of aliphatic hydroxyl groups is 3. The molecule has 0 saturated carbocycles. The molecule has 1 aromatic heterocycles. The summed E-state index contributed by atoms with van der Waals surface area (Å²) in [6.45, 7) is -1.71. The Balaban J connectivity index is 2.27. The molecule has 0 aliphatic carbocycles. The molecule has 0 aliphatic rings. The van der Waals surface area contributed by atoms with Crippen LogP contribution in [0.25, 0.3) is 11.0 Å². The molecule has 0 radical (unpaired) electrons. The van der Waals surface area contributed by atoms with Gasteiger partial charge in [-0.1, -0.05) is 0 Å². The van der Waals surface area contributed by atoms with Gasteiger partial charge in [0.2, 0.25) is 0 Å². The lowest BCUT2D eigenvalue weighted by Crippen LogP contribution is -2.57. The van der Waals surface area contributed by atoms with E-state index in [2.05, 4.69) is 15.3 Å². The van der Waals surface area contributed by atoms with Crippen molar-refractivity contribution >= 4 is 16.9 Å². The van der Waals surface area contributed by atoms with E-state index in [4.69, 9.17) is 0 Å². The summed E-state index contributed by atoms with van der Waals surface area (Å²) in [4.78, 5) is 20.3. The van der Waals surface area contributed by atoms with E-state index >= 15 is 0 Å². The van der Waals surface area contributed by atoms with Crippen molar-refractivity contribution in [2.75, 3.05) is 19.8 Å². The van der Waals surface area contributed by atoms with Gasteiger partial charge >= 0.3 is 0 Å². The van der Waals surface area contributed by atoms with E-state index in [1.165, 1.54) is 6.20 Å². The maximum Gasteiger partial charge on any atom is 0.252 e. The van der Waals surface area contributed by atoms with Gasteiger partial charge in [0.1, 0.15) is 5.54 Å². The summed E-state index contributed by atoms with van der Waals surface area (Å²) in [6, 6.07) is 4.76. The fourth-order valence-corrected chi connectivity index (χ4v) is 1.69. The Hall–Kier alpha value is -2.09. The number of rotatable bonds is 5. The average Bonchev–Trinajstić information content (AvgIpc) is 2.52. The van der Waals surface area contributed by atoms with Crippen LogP contribution in [-0.4, -0.2) is 56.6 Å². The van der Waals surface area contributed by atoms with Gasteiger partial charge in [-0.05, 0) is 18.2 Å². The standard InChI is InChI=1S/C13H15N3O4/c17-6-13(7-18,8-19)16-12(20)9-1-2-10-11(5-9)15-4-3-14-10/h1-5,17-19H,6-8H2,(H,16,20). The highest BCUT2D eigenvalue weighted by molar-refractivity contribution is 5.97. The first kappa shape index (κ1) is 14.3. The lowest BCUT2D eigenvalue weighted by molar-refractivity contribution is 0.0375. The number of amides is 1. The van der Waals surface area contributed by atoms with E-state index in [1.807, 2.05) is 0 Å². The second kappa shape index (κ2) is 5.91. The Labute approximate surface area is 114 Å². The van der Waals surface area contributed by atoms with Gasteiger partial charge in [-0.3, -0.25) is 14.8 Å². The monoisotopic (exact) mass is 277 g/mol. The van der Waals surface area contributed by atoms with E-state index in [1.54, 1.807) is 24.4 Å². The van der Waals surface area contributed by atoms with Crippen LogP contribution < -0.4 is 5.32 Å². The van der Waals surface area contributed by atoms with E-state index in [0.717, 1.165) is 0 Å². The van der Waals surface area contributed by atoms with Crippen LogP contribution in [0.5, 0.6) is 0 Å². The predicted octanol–water partition coefficient (Wildman–Crippen LogP) is -0.925. The van der Waals surface area contributed by atoms with Gasteiger partial charge < -0.3 is 20.6 Å². The van der Waals surface area contributed by atoms with Gasteiger partial charge in [0.25, 0.3) is 5.91 Å². The Morgan fingerprint density at radius 1 is 1.05 bits per heavy atom. The van der Waals surface area contributed by atoms with Crippen molar-refractivity contribution in [1.29, 1.82) is 0 Å². The van der Waals surface area contributed by atoms with E-state index in [0.29, 0.717) is 16.6 Å². The third-order valence-electron chi connectivity index (χ3n) is 3.02. The molecule has 0 aliphatic heterocycles. The van der Waals surface area contributed by atoms with Crippen LogP contribution in [-0.2, 0) is 0 Å². The third-order valence-corrected chi connectivity index (χ3v) is 3.02. The molecule has 20 heavy (non-hydrogen) atoms. The molecule has 0 saturated heterocycles. The number of nitrogens with zero attached hydrogens (tertiary/aromatic N) is 2. The van der Waals surface area contributed by atoms with E-state index < -0.39 is 31.3 Å². The van der Waals surface area contributed by atoms with Gasteiger partial charge in [0.15, 0.2) is 0 Å². The quantitative estimate of drug-likeness (QED) is 0.561. The van der Waals surface area contributed by atoms with Crippen molar-refractivity contribution < 1.29 is 20.1 Å². The number of aromatic nitrogens is 2. The summed E-state index contributed by atoms with van der Waals surface area (Å²) in [6.07, 6.45) is 3.07. The molecule has 0 atom stereocenters. The van der Waals surface area contributed by atoms with E-state index in [-0.39, 0.29) is 0 Å².